The first kappa shape index (κ1) is 46.2. The van der Waals surface area contributed by atoms with Gasteiger partial charge in [0.1, 0.15) is 17.9 Å². The number of hydrogen-bond donors (Lipinski definition) is 5. The van der Waals surface area contributed by atoms with Gasteiger partial charge in [-0.2, -0.15) is 18.3 Å². The van der Waals surface area contributed by atoms with Gasteiger partial charge in [0.25, 0.3) is 17.4 Å². The van der Waals surface area contributed by atoms with E-state index in [1.807, 2.05) is 42.3 Å². The fraction of sp³-hybridized carbons (Fsp3) is 0.391. The van der Waals surface area contributed by atoms with Crippen LogP contribution in [0, 0.1) is 0 Å². The second kappa shape index (κ2) is 20.2. The highest BCUT2D eigenvalue weighted by Gasteiger charge is 2.33. The first-order valence-corrected chi connectivity index (χ1v) is 21.1. The fourth-order valence-electron chi connectivity index (χ4n) is 7.77. The number of benzene rings is 2. The monoisotopic (exact) mass is 870 g/mol. The third kappa shape index (κ3) is 12.0. The summed E-state index contributed by atoms with van der Waals surface area (Å²) in [6, 6.07) is 17.1. The molecular formula is C46H53F3N8O6. The number of aliphatic hydroxyl groups is 1. The molecule has 7 rings (SSSR count). The summed E-state index contributed by atoms with van der Waals surface area (Å²) < 4.78 is 44.1. The number of pyridine rings is 2. The number of carboxylic acid groups (broad SMARTS) is 1. The van der Waals surface area contributed by atoms with Gasteiger partial charge in [-0.15, -0.1) is 0 Å². The van der Waals surface area contributed by atoms with E-state index < -0.39 is 41.5 Å². The Morgan fingerprint density at radius 3 is 2.32 bits per heavy atom. The van der Waals surface area contributed by atoms with Crippen LogP contribution in [0.15, 0.2) is 90.1 Å². The van der Waals surface area contributed by atoms with Crippen LogP contribution < -0.4 is 21.5 Å². The number of nitrogens with one attached hydrogen (secondary N) is 3. The van der Waals surface area contributed by atoms with E-state index in [4.69, 9.17) is 5.11 Å². The molecule has 1 fully saturated rings. The second-order valence-corrected chi connectivity index (χ2v) is 16.3. The molecule has 14 nitrogen and oxygen atoms in total. The quantitative estimate of drug-likeness (QED) is 0.0633. The second-order valence-electron chi connectivity index (χ2n) is 16.3. The number of aryl methyl sites for hydroxylation is 1. The van der Waals surface area contributed by atoms with Gasteiger partial charge in [-0.1, -0.05) is 44.2 Å². The molecule has 2 amide bonds. The van der Waals surface area contributed by atoms with Crippen LogP contribution in [-0.4, -0.2) is 65.5 Å². The van der Waals surface area contributed by atoms with Crippen molar-refractivity contribution >= 4 is 51.0 Å². The van der Waals surface area contributed by atoms with Gasteiger partial charge in [-0.25, -0.2) is 4.98 Å². The molecule has 0 spiro atoms. The number of halogens is 3. The lowest BCUT2D eigenvalue weighted by atomic mass is 9.95. The Bertz CT molecular complexity index is 2620. The number of nitrogens with zero attached hydrogens (tertiary/aromatic N) is 5. The summed E-state index contributed by atoms with van der Waals surface area (Å²) >= 11 is 0. The Hall–Kier alpha value is -6.33. The molecular weight excluding hydrogens is 818 g/mol. The molecule has 0 aliphatic heterocycles. The summed E-state index contributed by atoms with van der Waals surface area (Å²) in [5.74, 6) is -2.23. The van der Waals surface area contributed by atoms with Gasteiger partial charge in [0.2, 0.25) is 0 Å². The number of alkyl halides is 3. The highest BCUT2D eigenvalue weighted by Crippen LogP contribution is 2.35. The van der Waals surface area contributed by atoms with Crippen molar-refractivity contribution < 1.29 is 37.8 Å². The summed E-state index contributed by atoms with van der Waals surface area (Å²) in [6.45, 7) is 4.62. The maximum Gasteiger partial charge on any atom is 0.433 e. The minimum Gasteiger partial charge on any atom is -0.480 e. The minimum absolute atomic E-state index is 0.303. The van der Waals surface area contributed by atoms with Crippen LogP contribution in [0.5, 0.6) is 0 Å². The predicted molar refractivity (Wildman–Crippen MR) is 235 cm³/mol. The number of aromatic nitrogens is 5. The van der Waals surface area contributed by atoms with E-state index in [-0.39, 0.29) is 11.6 Å². The molecule has 0 bridgehead atoms. The van der Waals surface area contributed by atoms with Crippen molar-refractivity contribution in [2.45, 2.75) is 103 Å². The van der Waals surface area contributed by atoms with E-state index >= 15 is 0 Å². The number of carbonyl (C=O) groups excluding carboxylic acids is 2. The number of rotatable bonds is 15. The maximum absolute atomic E-state index is 13.0. The number of unbranched alkanes of at least 4 members (excludes halogenated alkanes) is 3. The van der Waals surface area contributed by atoms with Crippen LogP contribution in [0.4, 0.5) is 24.5 Å². The summed E-state index contributed by atoms with van der Waals surface area (Å²) in [4.78, 5) is 51.7. The Morgan fingerprint density at radius 1 is 0.857 bits per heavy atom. The van der Waals surface area contributed by atoms with Crippen LogP contribution >= 0.6 is 0 Å². The van der Waals surface area contributed by atoms with Crippen LogP contribution in [0.25, 0.3) is 21.8 Å². The van der Waals surface area contributed by atoms with E-state index in [9.17, 15) is 37.5 Å². The fourth-order valence-corrected chi connectivity index (χ4v) is 7.77. The number of carbonyl (C=O) groups is 3. The number of aliphatic carboxylic acids is 1. The molecule has 0 saturated heterocycles. The molecule has 4 aromatic heterocycles. The zero-order chi connectivity index (χ0) is 45.3. The third-order valence-corrected chi connectivity index (χ3v) is 11.0. The molecule has 0 unspecified atom stereocenters. The summed E-state index contributed by atoms with van der Waals surface area (Å²) in [7, 11) is 1.96. The zero-order valence-electron chi connectivity index (χ0n) is 35.5. The molecule has 6 aromatic rings. The summed E-state index contributed by atoms with van der Waals surface area (Å²) in [5, 5.41) is 34.5. The molecule has 0 radical (unpaired) electrons. The van der Waals surface area contributed by atoms with E-state index in [1.165, 1.54) is 43.7 Å². The molecule has 1 saturated carbocycles. The predicted octanol–water partition coefficient (Wildman–Crippen LogP) is 8.35. The van der Waals surface area contributed by atoms with E-state index in [0.717, 1.165) is 84.6 Å². The van der Waals surface area contributed by atoms with Crippen molar-refractivity contribution in [3.63, 3.8) is 0 Å². The molecule has 63 heavy (non-hydrogen) atoms. The van der Waals surface area contributed by atoms with Gasteiger partial charge in [0, 0.05) is 64.3 Å². The van der Waals surface area contributed by atoms with E-state index in [1.54, 1.807) is 32.0 Å². The zero-order valence-corrected chi connectivity index (χ0v) is 35.5. The van der Waals surface area contributed by atoms with Crippen molar-refractivity contribution in [1.29, 1.82) is 0 Å². The first-order valence-electron chi connectivity index (χ1n) is 21.1. The molecule has 4 heterocycles. The molecule has 334 valence electrons. The summed E-state index contributed by atoms with van der Waals surface area (Å²) in [5.41, 5.74) is 0.0395. The van der Waals surface area contributed by atoms with Crippen molar-refractivity contribution in [2.24, 2.45) is 0 Å². The number of anilines is 2. The van der Waals surface area contributed by atoms with Crippen molar-refractivity contribution in [1.82, 2.24) is 29.2 Å². The van der Waals surface area contributed by atoms with Crippen LogP contribution in [0.3, 0.4) is 0 Å². The van der Waals surface area contributed by atoms with Crippen LogP contribution in [-0.2, 0) is 29.7 Å². The Balaban J connectivity index is 0.000000210. The third-order valence-electron chi connectivity index (χ3n) is 11.0. The highest BCUT2D eigenvalue weighted by molar-refractivity contribution is 6.12. The number of hydrogen-bond acceptors (Lipinski definition) is 8. The van der Waals surface area contributed by atoms with Crippen LogP contribution in [0.1, 0.15) is 110 Å². The van der Waals surface area contributed by atoms with Gasteiger partial charge in [0.05, 0.1) is 22.8 Å². The average Bonchev–Trinajstić information content (AvgIpc) is 3.87. The van der Waals surface area contributed by atoms with Crippen molar-refractivity contribution in [3.8, 4) is 0 Å². The first-order chi connectivity index (χ1) is 30.0. The molecule has 1 aliphatic rings. The maximum atomic E-state index is 13.0. The van der Waals surface area contributed by atoms with Crippen LogP contribution in [0.2, 0.25) is 0 Å². The van der Waals surface area contributed by atoms with Gasteiger partial charge in [-0.3, -0.25) is 23.9 Å². The topological polar surface area (TPSA) is 185 Å². The van der Waals surface area contributed by atoms with Gasteiger partial charge in [0.15, 0.2) is 0 Å². The van der Waals surface area contributed by atoms with Gasteiger partial charge >= 0.3 is 12.1 Å². The van der Waals surface area contributed by atoms with E-state index in [2.05, 4.69) is 30.6 Å². The molecule has 5 N–H and O–H groups in total. The average molecular weight is 871 g/mol. The molecule has 1 aliphatic carbocycles. The van der Waals surface area contributed by atoms with Gasteiger partial charge < -0.3 is 35.3 Å². The number of amides is 2. The lowest BCUT2D eigenvalue weighted by molar-refractivity contribution is -0.141. The molecule has 17 heteroatoms. The van der Waals surface area contributed by atoms with Crippen molar-refractivity contribution in [3.05, 3.63) is 118 Å². The van der Waals surface area contributed by atoms with Gasteiger partial charge in [-0.05, 0) is 102 Å². The molecule has 0 atom stereocenters. The van der Waals surface area contributed by atoms with Crippen molar-refractivity contribution in [2.75, 3.05) is 24.2 Å². The molecule has 2 aromatic carbocycles. The minimum atomic E-state index is -4.65. The standard InChI is InChI=1S/C23H25F3N4O2.C23H28N4O4/c1-22(2,32)16-12-18-14(13-30(29-18)15-7-4-3-5-8-15)11-19(16)28-21(31)17-9-6-10-20(27-17)23(24,25)26;1-24-12-4-2-3-5-13-26-14-11-18-19(7-6-8-20(18)26)23(31)25-17-9-10-21(28)27(15-17)16-22(29)30/h6,9-13,15,32H,3-5,7-8H2,1-2H3,(H,28,31);6-11,14-15,24H,2-5,12-13,16H2,1H3,(H,25,31)(H,29,30). The normalized spacial score (nSPS) is 13.4. The smallest absolute Gasteiger partial charge is 0.433 e. The largest absolute Gasteiger partial charge is 0.480 e. The Labute approximate surface area is 362 Å². The summed E-state index contributed by atoms with van der Waals surface area (Å²) in [6.07, 6.45) is 10.8. The Kier molecular flexibility index (Phi) is 14.8. The number of carboxylic acids is 1. The lowest BCUT2D eigenvalue weighted by Crippen LogP contribution is -2.24. The lowest BCUT2D eigenvalue weighted by Gasteiger charge is -2.22. The highest BCUT2D eigenvalue weighted by atomic mass is 19.4. The van der Waals surface area contributed by atoms with E-state index in [0.29, 0.717) is 34.1 Å². The Morgan fingerprint density at radius 2 is 1.60 bits per heavy atom. The number of fused-ring (bicyclic) bond motifs is 2. The SMILES string of the molecule is CC(C)(O)c1cc2nn(C3CCCCC3)cc2cc1NC(=O)c1cccc(C(F)(F)F)n1.CNCCCCCCn1ccc2c(C(=O)Nc3ccc(=O)n(CC(=O)O)c3)cccc21.